The minimum atomic E-state index is -0.991. The molecule has 0 radical (unpaired) electrons. The Bertz CT molecular complexity index is 1150. The van der Waals surface area contributed by atoms with Gasteiger partial charge < -0.3 is 14.7 Å². The van der Waals surface area contributed by atoms with Crippen LogP contribution in [0.25, 0.3) is 0 Å². The number of unbranched alkanes of at least 4 members (excludes halogenated alkanes) is 2. The first-order chi connectivity index (χ1) is 17.9. The van der Waals surface area contributed by atoms with Crippen LogP contribution in [0, 0.1) is 17.3 Å². The summed E-state index contributed by atoms with van der Waals surface area (Å²) in [5, 5.41) is 10.6. The number of carbonyl (C=O) groups excluding carboxylic acids is 2. The van der Waals surface area contributed by atoms with Gasteiger partial charge in [0.05, 0.1) is 17.1 Å². The van der Waals surface area contributed by atoms with Crippen LogP contribution in [0.15, 0.2) is 54.6 Å². The van der Waals surface area contributed by atoms with Crippen molar-refractivity contribution in [2.24, 2.45) is 5.41 Å². The molecule has 38 heavy (non-hydrogen) atoms. The van der Waals surface area contributed by atoms with E-state index in [0.717, 1.165) is 36.0 Å². The molecule has 0 unspecified atom stereocenters. The zero-order valence-electron chi connectivity index (χ0n) is 23.8. The fourth-order valence-electron chi connectivity index (χ4n) is 5.06. The number of nitrogens with zero attached hydrogens (tertiary/aromatic N) is 1. The number of ketones is 1. The van der Waals surface area contributed by atoms with Gasteiger partial charge in [-0.25, -0.2) is 4.79 Å². The fraction of sp³-hybridized carbons (Fsp3) is 0.515. The van der Waals surface area contributed by atoms with Gasteiger partial charge >= 0.3 is 6.09 Å². The molecule has 3 rings (SSSR count). The highest BCUT2D eigenvalue weighted by Gasteiger charge is 2.46. The van der Waals surface area contributed by atoms with Crippen LogP contribution < -0.4 is 0 Å². The highest BCUT2D eigenvalue weighted by atomic mass is 16.6. The molecule has 0 spiro atoms. The summed E-state index contributed by atoms with van der Waals surface area (Å²) in [6.45, 7) is 11.9. The first-order valence-corrected chi connectivity index (χ1v) is 13.8. The van der Waals surface area contributed by atoms with E-state index >= 15 is 0 Å². The lowest BCUT2D eigenvalue weighted by atomic mass is 9.80. The van der Waals surface area contributed by atoms with E-state index in [1.54, 1.807) is 18.7 Å². The summed E-state index contributed by atoms with van der Waals surface area (Å²) in [5.41, 5.74) is 0.188. The Hall–Kier alpha value is -3.10. The fourth-order valence-corrected chi connectivity index (χ4v) is 5.06. The SMILES string of the molecule is CCCCCC(=O)C(C)(C)C#Cc1ccc([C@H](C)N2CC[C@](CC(C)(C)O)(c3ccccc3)OC2=O)cc1. The number of carbonyl (C=O) groups is 2. The second-order valence-electron chi connectivity index (χ2n) is 11.7. The topological polar surface area (TPSA) is 66.8 Å². The molecule has 1 heterocycles. The lowest BCUT2D eigenvalue weighted by Gasteiger charge is -2.45. The van der Waals surface area contributed by atoms with Gasteiger partial charge in [-0.05, 0) is 64.3 Å². The van der Waals surface area contributed by atoms with E-state index in [9.17, 15) is 14.7 Å². The van der Waals surface area contributed by atoms with Crippen LogP contribution in [0.4, 0.5) is 4.79 Å². The maximum atomic E-state index is 13.3. The lowest BCUT2D eigenvalue weighted by Crippen LogP contribution is -2.51. The number of rotatable bonds is 10. The van der Waals surface area contributed by atoms with E-state index in [-0.39, 0.29) is 17.9 Å². The first-order valence-electron chi connectivity index (χ1n) is 13.8. The third-order valence-corrected chi connectivity index (χ3v) is 7.38. The number of aliphatic hydroxyl groups is 1. The second-order valence-corrected chi connectivity index (χ2v) is 11.7. The first kappa shape index (κ1) is 29.5. The minimum absolute atomic E-state index is 0.183. The largest absolute Gasteiger partial charge is 0.438 e. The van der Waals surface area contributed by atoms with Gasteiger partial charge in [0, 0.05) is 31.4 Å². The molecular weight excluding hydrogens is 474 g/mol. The van der Waals surface area contributed by atoms with E-state index in [1.165, 1.54) is 0 Å². The number of benzene rings is 2. The van der Waals surface area contributed by atoms with Gasteiger partial charge in [-0.1, -0.05) is 74.1 Å². The molecule has 2 aromatic carbocycles. The van der Waals surface area contributed by atoms with Crippen molar-refractivity contribution in [2.45, 2.75) is 97.3 Å². The van der Waals surface area contributed by atoms with Crippen molar-refractivity contribution in [1.82, 2.24) is 4.90 Å². The van der Waals surface area contributed by atoms with Crippen molar-refractivity contribution in [3.63, 3.8) is 0 Å². The van der Waals surface area contributed by atoms with Gasteiger partial charge in [0.15, 0.2) is 0 Å². The van der Waals surface area contributed by atoms with E-state index in [2.05, 4.69) is 18.8 Å². The molecule has 0 aliphatic carbocycles. The highest BCUT2D eigenvalue weighted by molar-refractivity contribution is 5.87. The van der Waals surface area contributed by atoms with Gasteiger partial charge in [0.1, 0.15) is 11.4 Å². The summed E-state index contributed by atoms with van der Waals surface area (Å²) in [6.07, 6.45) is 4.16. The molecular formula is C33H43NO4. The van der Waals surface area contributed by atoms with Crippen LogP contribution in [0.3, 0.4) is 0 Å². The molecule has 204 valence electrons. The third kappa shape index (κ3) is 7.48. The molecule has 0 bridgehead atoms. The Balaban J connectivity index is 1.71. The maximum absolute atomic E-state index is 13.3. The van der Waals surface area contributed by atoms with Gasteiger partial charge in [-0.15, -0.1) is 0 Å². The molecule has 1 amide bonds. The van der Waals surface area contributed by atoms with Crippen molar-refractivity contribution in [2.75, 3.05) is 6.54 Å². The zero-order chi connectivity index (χ0) is 28.0. The van der Waals surface area contributed by atoms with E-state index in [0.29, 0.717) is 25.8 Å². The van der Waals surface area contributed by atoms with E-state index in [4.69, 9.17) is 4.74 Å². The smallest absolute Gasteiger partial charge is 0.411 e. The summed E-state index contributed by atoms with van der Waals surface area (Å²) < 4.78 is 6.12. The Morgan fingerprint density at radius 3 is 2.32 bits per heavy atom. The monoisotopic (exact) mass is 517 g/mol. The summed E-state index contributed by atoms with van der Waals surface area (Å²) in [7, 11) is 0. The van der Waals surface area contributed by atoms with Gasteiger partial charge in [-0.2, -0.15) is 0 Å². The van der Waals surface area contributed by atoms with Crippen LogP contribution in [0.5, 0.6) is 0 Å². The van der Waals surface area contributed by atoms with Gasteiger partial charge in [0.2, 0.25) is 0 Å². The Morgan fingerprint density at radius 2 is 1.74 bits per heavy atom. The molecule has 1 aliphatic heterocycles. The maximum Gasteiger partial charge on any atom is 0.411 e. The summed E-state index contributed by atoms with van der Waals surface area (Å²) in [4.78, 5) is 27.6. The van der Waals surface area contributed by atoms with Gasteiger partial charge in [-0.3, -0.25) is 4.79 Å². The number of cyclic esters (lactones) is 1. The predicted molar refractivity (Wildman–Crippen MR) is 152 cm³/mol. The second kappa shape index (κ2) is 12.2. The van der Waals surface area contributed by atoms with Crippen molar-refractivity contribution >= 4 is 11.9 Å². The molecule has 5 heteroatoms. The molecule has 0 aromatic heterocycles. The summed E-state index contributed by atoms with van der Waals surface area (Å²) in [5.74, 6) is 6.51. The number of hydrogen-bond donors (Lipinski definition) is 1. The average molecular weight is 518 g/mol. The summed E-state index contributed by atoms with van der Waals surface area (Å²) in [6, 6.07) is 17.4. The minimum Gasteiger partial charge on any atom is -0.438 e. The van der Waals surface area contributed by atoms with Crippen LogP contribution in [0.1, 0.15) is 103 Å². The predicted octanol–water partition coefficient (Wildman–Crippen LogP) is 7.17. The molecule has 0 saturated carbocycles. The normalized spacial score (nSPS) is 18.8. The number of hydrogen-bond acceptors (Lipinski definition) is 4. The van der Waals surface area contributed by atoms with Crippen molar-refractivity contribution < 1.29 is 19.4 Å². The Kier molecular flexibility index (Phi) is 9.44. The average Bonchev–Trinajstić information content (AvgIpc) is 2.87. The molecule has 1 aliphatic rings. The van der Waals surface area contributed by atoms with Crippen molar-refractivity contribution in [3.05, 3.63) is 71.3 Å². The zero-order valence-corrected chi connectivity index (χ0v) is 23.8. The van der Waals surface area contributed by atoms with E-state index < -0.39 is 16.6 Å². The van der Waals surface area contributed by atoms with Crippen LogP contribution in [-0.2, 0) is 15.1 Å². The van der Waals surface area contributed by atoms with Crippen molar-refractivity contribution in [1.29, 1.82) is 0 Å². The van der Waals surface area contributed by atoms with Crippen LogP contribution in [-0.4, -0.2) is 34.0 Å². The molecule has 1 N–H and O–H groups in total. The molecule has 2 aromatic rings. The van der Waals surface area contributed by atoms with E-state index in [1.807, 2.05) is 75.4 Å². The van der Waals surface area contributed by atoms with Gasteiger partial charge in [0.25, 0.3) is 0 Å². The molecule has 2 atom stereocenters. The van der Waals surface area contributed by atoms with Crippen molar-refractivity contribution in [3.8, 4) is 11.8 Å². The number of Topliss-reactive ketones (excluding diaryl/α,β-unsaturated/α-hetero) is 1. The number of amides is 1. The van der Waals surface area contributed by atoms with Crippen LogP contribution >= 0.6 is 0 Å². The Morgan fingerprint density at radius 1 is 1.08 bits per heavy atom. The van der Waals surface area contributed by atoms with Crippen LogP contribution in [0.2, 0.25) is 0 Å². The molecule has 1 fully saturated rings. The highest BCUT2D eigenvalue weighted by Crippen LogP contribution is 2.42. The molecule has 5 nitrogen and oxygen atoms in total. The summed E-state index contributed by atoms with van der Waals surface area (Å²) >= 11 is 0. The quantitative estimate of drug-likeness (QED) is 0.268. The standard InChI is InChI=1S/C33H43NO4/c1-7-8-10-15-29(35)31(3,4)21-20-26-16-18-27(19-17-26)25(2)34-23-22-33(38-30(34)36,24-32(5,6)37)28-13-11-9-12-14-28/h9,11-14,16-19,25,37H,7-8,10,15,22-24H2,1-6H3/t25-,33-/m0/s1. The Labute approximate surface area is 228 Å². The third-order valence-electron chi connectivity index (χ3n) is 7.38. The molecule has 1 saturated heterocycles. The number of ether oxygens (including phenoxy) is 1. The lowest BCUT2D eigenvalue weighted by molar-refractivity contribution is -0.124.